The molecule has 464 valence electrons. The quantitative estimate of drug-likeness (QED) is 0.0825. The molecule has 0 bridgehead atoms. The Morgan fingerprint density at radius 3 is 0.402 bits per heavy atom. The number of hydrogen-bond donors (Lipinski definition) is 1. The van der Waals surface area contributed by atoms with Gasteiger partial charge in [-0.15, -0.1) is 0 Å². The summed E-state index contributed by atoms with van der Waals surface area (Å²) >= 11 is -1.50. The summed E-state index contributed by atoms with van der Waals surface area (Å²) in [5.74, 6) is -70.0. The SMILES string of the molecule is Cc1cc(-c2c(F)c(F)c(F)c(F)c2F)c(F)c(F)c1F.Cc1cc(-c2c(F)c(F)c(F)c(F)c2F)c(F)c(F)c1F.Cc1cc(-c2c(F)c(F)c(F)c(F)c2F)c(F)c(F)c1F.Cc1cc(-c2c(F)c(F)c(F)c(F)c2F)c(F)c(F)c1F.[O]=[Al][OH]. The van der Waals surface area contributed by atoms with Crippen LogP contribution in [-0.4, -0.2) is 19.6 Å². The summed E-state index contributed by atoms with van der Waals surface area (Å²) in [6.07, 6.45) is 0. The molecule has 0 aromatic heterocycles. The maximum atomic E-state index is 13.6. The second-order valence-electron chi connectivity index (χ2n) is 16.6. The Labute approximate surface area is 468 Å². The van der Waals surface area contributed by atoms with E-state index in [1.807, 2.05) is 0 Å². The minimum atomic E-state index is -2.44. The normalized spacial score (nSPS) is 10.8. The van der Waals surface area contributed by atoms with E-state index in [0.29, 0.717) is 24.3 Å². The molecule has 8 aromatic carbocycles. The Morgan fingerprint density at radius 2 is 0.287 bits per heavy atom. The van der Waals surface area contributed by atoms with Crippen LogP contribution in [0, 0.1) is 214 Å². The molecular weight excluding hydrogens is 1290 g/mol. The van der Waals surface area contributed by atoms with Gasteiger partial charge in [0.25, 0.3) is 0 Å². The fourth-order valence-electron chi connectivity index (χ4n) is 7.02. The zero-order valence-corrected chi connectivity index (χ0v) is 43.0. The van der Waals surface area contributed by atoms with E-state index < -0.39 is 268 Å². The van der Waals surface area contributed by atoms with Crippen molar-refractivity contribution in [3.05, 3.63) is 233 Å². The molecular formula is C52H17AlF32O2. The number of aryl methyl sites for hydroxylation is 4. The van der Waals surface area contributed by atoms with E-state index in [2.05, 4.69) is 0 Å². The Balaban J connectivity index is 0.000000244. The van der Waals surface area contributed by atoms with Gasteiger partial charge in [-0.1, -0.05) is 0 Å². The molecule has 0 aliphatic heterocycles. The van der Waals surface area contributed by atoms with Gasteiger partial charge in [0.1, 0.15) is 0 Å². The Hall–Kier alpha value is -8.35. The van der Waals surface area contributed by atoms with Gasteiger partial charge in [-0.05, 0) is 74.2 Å². The van der Waals surface area contributed by atoms with Crippen molar-refractivity contribution in [2.75, 3.05) is 0 Å². The first-order valence-electron chi connectivity index (χ1n) is 21.9. The van der Waals surface area contributed by atoms with Gasteiger partial charge in [0.05, 0.1) is 22.3 Å². The van der Waals surface area contributed by atoms with Crippen molar-refractivity contribution < 1.29 is 148 Å². The van der Waals surface area contributed by atoms with E-state index in [9.17, 15) is 140 Å². The van der Waals surface area contributed by atoms with Crippen LogP contribution in [-0.2, 0) is 3.80 Å². The van der Waals surface area contributed by atoms with Crippen molar-refractivity contribution in [1.29, 1.82) is 0 Å². The first-order valence-corrected chi connectivity index (χ1v) is 22.8. The monoisotopic (exact) mass is 1310 g/mol. The van der Waals surface area contributed by atoms with E-state index in [1.54, 1.807) is 0 Å². The first-order chi connectivity index (χ1) is 40.1. The number of hydrogen-bond acceptors (Lipinski definition) is 1. The van der Waals surface area contributed by atoms with Crippen LogP contribution in [0.1, 0.15) is 22.3 Å². The van der Waals surface area contributed by atoms with E-state index in [0.717, 1.165) is 27.7 Å². The summed E-state index contributed by atoms with van der Waals surface area (Å²) in [5, 5.41) is 0. The standard InChI is InChI=1S/4C13H4F8.Al.H2O.O/c4*1-3-2-4(7(15)10(18)6(3)14)5-8(16)11(19)13(21)12(20)9(5)17;;;/h4*2H,1H3;;1H2;/q;;;;+1;;/p-1. The molecule has 87 heavy (non-hydrogen) atoms. The second-order valence-corrected chi connectivity index (χ2v) is 16.8. The third kappa shape index (κ3) is 13.2. The average Bonchev–Trinajstić information content (AvgIpc) is 1.83. The van der Waals surface area contributed by atoms with Gasteiger partial charge >= 0.3 is 23.4 Å². The van der Waals surface area contributed by atoms with Gasteiger partial charge in [-0.2, -0.15) is 0 Å². The van der Waals surface area contributed by atoms with Gasteiger partial charge in [0.2, 0.25) is 23.3 Å². The Bertz CT molecular complexity index is 3480. The fourth-order valence-corrected chi connectivity index (χ4v) is 7.02. The van der Waals surface area contributed by atoms with Crippen LogP contribution in [0.2, 0.25) is 0 Å². The van der Waals surface area contributed by atoms with Crippen LogP contribution in [0.25, 0.3) is 44.5 Å². The van der Waals surface area contributed by atoms with Gasteiger partial charge < -0.3 is 0 Å². The zero-order chi connectivity index (χ0) is 66.9. The summed E-state index contributed by atoms with van der Waals surface area (Å²) in [6.45, 7) is 3.75. The molecule has 0 atom stereocenters. The molecule has 0 amide bonds. The summed E-state index contributed by atoms with van der Waals surface area (Å²) in [6, 6.07) is 1.80. The van der Waals surface area contributed by atoms with Crippen LogP contribution < -0.4 is 0 Å². The number of benzene rings is 8. The molecule has 0 fully saturated rings. The predicted molar refractivity (Wildman–Crippen MR) is 234 cm³/mol. The van der Waals surface area contributed by atoms with Crippen LogP contribution in [0.15, 0.2) is 24.3 Å². The topological polar surface area (TPSA) is 37.3 Å². The molecule has 1 N–H and O–H groups in total. The van der Waals surface area contributed by atoms with E-state index in [4.69, 9.17) is 7.96 Å². The van der Waals surface area contributed by atoms with Crippen molar-refractivity contribution in [2.24, 2.45) is 0 Å². The summed E-state index contributed by atoms with van der Waals surface area (Å²) < 4.78 is 439. The second kappa shape index (κ2) is 27.6. The molecule has 0 aliphatic carbocycles. The van der Waals surface area contributed by atoms with Crippen LogP contribution >= 0.6 is 0 Å². The maximum absolute atomic E-state index is 13.6. The van der Waals surface area contributed by atoms with Crippen molar-refractivity contribution in [3.8, 4) is 44.5 Å². The Morgan fingerprint density at radius 1 is 0.195 bits per heavy atom. The van der Waals surface area contributed by atoms with E-state index in [-0.39, 0.29) is 0 Å². The molecule has 0 unspecified atom stereocenters. The molecule has 0 saturated carbocycles. The molecule has 2 nitrogen and oxygen atoms in total. The molecule has 0 spiro atoms. The predicted octanol–water partition coefficient (Wildman–Crippen LogP) is 18.0. The van der Waals surface area contributed by atoms with Crippen molar-refractivity contribution in [2.45, 2.75) is 27.7 Å². The van der Waals surface area contributed by atoms with Crippen molar-refractivity contribution >= 4 is 15.5 Å². The summed E-state index contributed by atoms with van der Waals surface area (Å²) in [5.41, 5.74) is -14.0. The van der Waals surface area contributed by atoms with Crippen molar-refractivity contribution in [1.82, 2.24) is 0 Å². The number of halogens is 32. The average molecular weight is 1310 g/mol. The minimum absolute atomic E-state index is 0.450. The fraction of sp³-hybridized carbons (Fsp3) is 0.0769. The summed E-state index contributed by atoms with van der Waals surface area (Å²) in [7, 11) is 0. The van der Waals surface area contributed by atoms with Gasteiger partial charge in [0.15, 0.2) is 163 Å². The molecule has 0 saturated heterocycles. The first kappa shape index (κ1) is 71.1. The van der Waals surface area contributed by atoms with Crippen LogP contribution in [0.3, 0.4) is 0 Å². The van der Waals surface area contributed by atoms with Gasteiger partial charge in [-0.3, -0.25) is 0 Å². The van der Waals surface area contributed by atoms with Crippen molar-refractivity contribution in [3.63, 3.8) is 0 Å². The molecule has 0 heterocycles. The van der Waals surface area contributed by atoms with E-state index >= 15 is 0 Å². The Kier molecular flexibility index (Phi) is 22.5. The molecule has 0 aliphatic rings. The summed E-state index contributed by atoms with van der Waals surface area (Å²) in [4.78, 5) is 0. The molecule has 0 radical (unpaired) electrons. The third-order valence-corrected chi connectivity index (χ3v) is 11.2. The zero-order valence-electron chi connectivity index (χ0n) is 41.8. The molecule has 35 heteroatoms. The van der Waals surface area contributed by atoms with Gasteiger partial charge in [0, 0.05) is 22.3 Å². The third-order valence-electron chi connectivity index (χ3n) is 11.2. The van der Waals surface area contributed by atoms with Crippen LogP contribution in [0.5, 0.6) is 0 Å². The number of rotatable bonds is 4. The van der Waals surface area contributed by atoms with Gasteiger partial charge in [-0.25, -0.2) is 140 Å². The van der Waals surface area contributed by atoms with Crippen LogP contribution in [0.4, 0.5) is 140 Å². The molecule has 8 aromatic rings. The van der Waals surface area contributed by atoms with E-state index in [1.165, 1.54) is 0 Å². The molecule has 8 rings (SSSR count).